The van der Waals surface area contributed by atoms with Gasteiger partial charge in [0.15, 0.2) is 0 Å². The van der Waals surface area contributed by atoms with Crippen LogP contribution >= 0.6 is 0 Å². The van der Waals surface area contributed by atoms with Crippen molar-refractivity contribution in [3.63, 3.8) is 0 Å². The van der Waals surface area contributed by atoms with Gasteiger partial charge in [-0.1, -0.05) is 6.07 Å². The van der Waals surface area contributed by atoms with Crippen molar-refractivity contribution in [2.45, 2.75) is 13.8 Å². The molecule has 3 aromatic rings. The van der Waals surface area contributed by atoms with Crippen molar-refractivity contribution < 1.29 is 4.79 Å². The average Bonchev–Trinajstić information content (AvgIpc) is 2.62. The fourth-order valence-corrected chi connectivity index (χ4v) is 2.47. The van der Waals surface area contributed by atoms with Gasteiger partial charge in [0.1, 0.15) is 5.82 Å². The molecule has 0 atom stereocenters. The van der Waals surface area contributed by atoms with E-state index in [0.29, 0.717) is 17.3 Å². The normalized spacial score (nSPS) is 9.96. The van der Waals surface area contributed by atoms with Gasteiger partial charge in [0.25, 0.3) is 0 Å². The Labute approximate surface area is 157 Å². The van der Waals surface area contributed by atoms with Gasteiger partial charge in [0, 0.05) is 35.7 Å². The van der Waals surface area contributed by atoms with Crippen molar-refractivity contribution in [1.82, 2.24) is 9.97 Å². The van der Waals surface area contributed by atoms with Gasteiger partial charge in [-0.15, -0.1) is 0 Å². The smallest absolute Gasteiger partial charge is 0.229 e. The maximum atomic E-state index is 11.1. The van der Waals surface area contributed by atoms with Crippen LogP contribution in [0.1, 0.15) is 18.2 Å². The number of nitrogens with zero attached hydrogens (tertiary/aromatic N) is 3. The van der Waals surface area contributed by atoms with E-state index in [4.69, 9.17) is 5.26 Å². The van der Waals surface area contributed by atoms with E-state index in [-0.39, 0.29) is 5.91 Å². The molecule has 1 amide bonds. The van der Waals surface area contributed by atoms with E-state index in [2.05, 4.69) is 32.0 Å². The van der Waals surface area contributed by atoms with Gasteiger partial charge in [0.05, 0.1) is 11.6 Å². The summed E-state index contributed by atoms with van der Waals surface area (Å²) in [6.07, 6.45) is 0. The summed E-state index contributed by atoms with van der Waals surface area (Å²) in [6.45, 7) is 3.34. The van der Waals surface area contributed by atoms with Crippen LogP contribution in [0.5, 0.6) is 0 Å². The van der Waals surface area contributed by atoms with Crippen LogP contribution < -0.4 is 16.0 Å². The van der Waals surface area contributed by atoms with E-state index in [1.807, 2.05) is 37.3 Å². The zero-order chi connectivity index (χ0) is 19.2. The second-order valence-electron chi connectivity index (χ2n) is 5.92. The number of nitrogens with one attached hydrogen (secondary N) is 3. The molecule has 7 nitrogen and oxygen atoms in total. The highest BCUT2D eigenvalue weighted by Crippen LogP contribution is 2.21. The Morgan fingerprint density at radius 1 is 0.963 bits per heavy atom. The maximum Gasteiger partial charge on any atom is 0.229 e. The lowest BCUT2D eigenvalue weighted by Crippen LogP contribution is -2.06. The average molecular weight is 358 g/mol. The van der Waals surface area contributed by atoms with E-state index in [0.717, 1.165) is 22.8 Å². The number of hydrogen-bond donors (Lipinski definition) is 3. The van der Waals surface area contributed by atoms with Crippen LogP contribution in [-0.4, -0.2) is 15.9 Å². The van der Waals surface area contributed by atoms with Gasteiger partial charge < -0.3 is 16.0 Å². The highest BCUT2D eigenvalue weighted by Gasteiger charge is 2.05. The van der Waals surface area contributed by atoms with Crippen LogP contribution in [0.2, 0.25) is 0 Å². The van der Waals surface area contributed by atoms with E-state index < -0.39 is 0 Å². The first-order chi connectivity index (χ1) is 13.0. The first-order valence-electron chi connectivity index (χ1n) is 8.29. The number of aryl methyl sites for hydroxylation is 1. The Hall–Kier alpha value is -3.92. The summed E-state index contributed by atoms with van der Waals surface area (Å²) in [6, 6.07) is 18.4. The SMILES string of the molecule is CC(=O)Nc1ccc(Nc2nc(C)cc(Nc3cccc(C#N)c3)n2)cc1. The van der Waals surface area contributed by atoms with Gasteiger partial charge >= 0.3 is 0 Å². The minimum atomic E-state index is -0.117. The Bertz CT molecular complexity index is 1010. The predicted molar refractivity (Wildman–Crippen MR) is 105 cm³/mol. The van der Waals surface area contributed by atoms with Gasteiger partial charge in [-0.25, -0.2) is 4.98 Å². The first-order valence-corrected chi connectivity index (χ1v) is 8.29. The zero-order valence-electron chi connectivity index (χ0n) is 14.9. The molecule has 0 aliphatic heterocycles. The summed E-state index contributed by atoms with van der Waals surface area (Å²) in [5.41, 5.74) is 3.66. The van der Waals surface area contributed by atoms with E-state index in [9.17, 15) is 4.79 Å². The van der Waals surface area contributed by atoms with Crippen molar-refractivity contribution >= 4 is 34.7 Å². The number of hydrogen-bond acceptors (Lipinski definition) is 6. The lowest BCUT2D eigenvalue weighted by molar-refractivity contribution is -0.114. The Balaban J connectivity index is 1.77. The van der Waals surface area contributed by atoms with Crippen LogP contribution in [0.4, 0.5) is 28.8 Å². The summed E-state index contributed by atoms with van der Waals surface area (Å²) >= 11 is 0. The van der Waals surface area contributed by atoms with Gasteiger partial charge in [-0.3, -0.25) is 4.79 Å². The molecule has 1 aromatic heterocycles. The van der Waals surface area contributed by atoms with Crippen molar-refractivity contribution in [1.29, 1.82) is 5.26 Å². The largest absolute Gasteiger partial charge is 0.340 e. The molecule has 0 aliphatic carbocycles. The number of aromatic nitrogens is 2. The van der Waals surface area contributed by atoms with E-state index in [1.54, 1.807) is 24.3 Å². The molecule has 2 aromatic carbocycles. The fraction of sp³-hybridized carbons (Fsp3) is 0.100. The molecule has 0 aliphatic rings. The number of benzene rings is 2. The number of amides is 1. The molecule has 0 fully saturated rings. The quantitative estimate of drug-likeness (QED) is 0.634. The number of carbonyl (C=O) groups excluding carboxylic acids is 1. The molecular weight excluding hydrogens is 340 g/mol. The highest BCUT2D eigenvalue weighted by molar-refractivity contribution is 5.88. The van der Waals surface area contributed by atoms with E-state index in [1.165, 1.54) is 6.92 Å². The maximum absolute atomic E-state index is 11.1. The Morgan fingerprint density at radius 3 is 2.41 bits per heavy atom. The molecule has 27 heavy (non-hydrogen) atoms. The standard InChI is InChI=1S/C20H18N6O/c1-13-10-19(24-18-5-3-4-15(11-18)12-21)26-20(22-13)25-17-8-6-16(7-9-17)23-14(2)27/h3-11H,1-2H3,(H,23,27)(H2,22,24,25,26). The molecule has 0 unspecified atom stereocenters. The molecule has 0 saturated carbocycles. The van der Waals surface area contributed by atoms with Gasteiger partial charge in [-0.05, 0) is 49.4 Å². The second-order valence-corrected chi connectivity index (χ2v) is 5.92. The van der Waals surface area contributed by atoms with Crippen molar-refractivity contribution in [3.05, 3.63) is 65.9 Å². The van der Waals surface area contributed by atoms with Gasteiger partial charge in [0.2, 0.25) is 11.9 Å². The third-order valence-electron chi connectivity index (χ3n) is 3.58. The Morgan fingerprint density at radius 2 is 1.70 bits per heavy atom. The van der Waals surface area contributed by atoms with Crippen molar-refractivity contribution in [2.24, 2.45) is 0 Å². The topological polar surface area (TPSA) is 103 Å². The van der Waals surface area contributed by atoms with Crippen LogP contribution in [0.25, 0.3) is 0 Å². The minimum absolute atomic E-state index is 0.117. The zero-order valence-corrected chi connectivity index (χ0v) is 14.9. The predicted octanol–water partition coefficient (Wildman–Crippen LogP) is 4.10. The summed E-state index contributed by atoms with van der Waals surface area (Å²) in [5.74, 6) is 0.949. The van der Waals surface area contributed by atoms with Gasteiger partial charge in [-0.2, -0.15) is 10.2 Å². The molecule has 0 saturated heterocycles. The summed E-state index contributed by atoms with van der Waals surface area (Å²) in [4.78, 5) is 19.9. The lowest BCUT2D eigenvalue weighted by Gasteiger charge is -2.11. The molecule has 3 rings (SSSR count). The summed E-state index contributed by atoms with van der Waals surface area (Å²) in [7, 11) is 0. The monoisotopic (exact) mass is 358 g/mol. The molecular formula is C20H18N6O. The van der Waals surface area contributed by atoms with E-state index >= 15 is 0 Å². The lowest BCUT2D eigenvalue weighted by atomic mass is 10.2. The highest BCUT2D eigenvalue weighted by atomic mass is 16.1. The van der Waals surface area contributed by atoms with Crippen molar-refractivity contribution in [3.8, 4) is 6.07 Å². The minimum Gasteiger partial charge on any atom is -0.340 e. The van der Waals surface area contributed by atoms with Crippen molar-refractivity contribution in [2.75, 3.05) is 16.0 Å². The summed E-state index contributed by atoms with van der Waals surface area (Å²) < 4.78 is 0. The van der Waals surface area contributed by atoms with Crippen LogP contribution in [0.3, 0.4) is 0 Å². The third kappa shape index (κ3) is 5.03. The molecule has 0 radical (unpaired) electrons. The third-order valence-corrected chi connectivity index (χ3v) is 3.58. The summed E-state index contributed by atoms with van der Waals surface area (Å²) in [5, 5.41) is 18.1. The molecule has 0 spiro atoms. The molecule has 1 heterocycles. The van der Waals surface area contributed by atoms with Crippen LogP contribution in [-0.2, 0) is 4.79 Å². The van der Waals surface area contributed by atoms with Crippen LogP contribution in [0.15, 0.2) is 54.6 Å². The molecule has 7 heteroatoms. The number of rotatable bonds is 5. The number of carbonyl (C=O) groups is 1. The molecule has 3 N–H and O–H groups in total. The number of nitriles is 1. The first kappa shape index (κ1) is 17.9. The Kier molecular flexibility index (Phi) is 5.28. The second kappa shape index (κ2) is 7.97. The molecule has 134 valence electrons. The van der Waals surface area contributed by atoms with Crippen LogP contribution in [0, 0.1) is 18.3 Å². The fourth-order valence-electron chi connectivity index (χ4n) is 2.47. The number of anilines is 5. The molecule has 0 bridgehead atoms.